The molecule has 1 aromatic carbocycles. The van der Waals surface area contributed by atoms with Gasteiger partial charge in [0.2, 0.25) is 5.91 Å². The first kappa shape index (κ1) is 18.5. The van der Waals surface area contributed by atoms with E-state index in [4.69, 9.17) is 0 Å². The molecule has 0 fully saturated rings. The second-order valence-electron chi connectivity index (χ2n) is 6.13. The molecule has 0 saturated heterocycles. The zero-order chi connectivity index (χ0) is 18.4. The summed E-state index contributed by atoms with van der Waals surface area (Å²) in [6, 6.07) is 14.5. The molecule has 0 atom stereocenters. The van der Waals surface area contributed by atoms with Gasteiger partial charge in [0.25, 0.3) is 0 Å². The highest BCUT2D eigenvalue weighted by atomic mass is 32.1. The van der Waals surface area contributed by atoms with Crippen LogP contribution in [0.2, 0.25) is 0 Å². The molecule has 0 unspecified atom stereocenters. The third-order valence-corrected chi connectivity index (χ3v) is 5.78. The Hall–Kier alpha value is -2.24. The lowest BCUT2D eigenvalue weighted by atomic mass is 10.1. The molecule has 0 saturated carbocycles. The van der Waals surface area contributed by atoms with Gasteiger partial charge >= 0.3 is 0 Å². The fourth-order valence-electron chi connectivity index (χ4n) is 2.65. The van der Waals surface area contributed by atoms with Crippen LogP contribution in [0, 0.1) is 13.8 Å². The number of thiazole rings is 1. The van der Waals surface area contributed by atoms with Crippen LogP contribution in [0.15, 0.2) is 53.9 Å². The van der Waals surface area contributed by atoms with Crippen LogP contribution in [0.3, 0.4) is 0 Å². The van der Waals surface area contributed by atoms with Crippen molar-refractivity contribution in [2.24, 2.45) is 0 Å². The van der Waals surface area contributed by atoms with Crippen LogP contribution in [-0.2, 0) is 17.8 Å². The third kappa shape index (κ3) is 5.38. The first-order valence-electron chi connectivity index (χ1n) is 8.58. The van der Waals surface area contributed by atoms with Crippen molar-refractivity contribution in [2.75, 3.05) is 6.54 Å². The summed E-state index contributed by atoms with van der Waals surface area (Å²) in [6.45, 7) is 5.40. The molecule has 26 heavy (non-hydrogen) atoms. The summed E-state index contributed by atoms with van der Waals surface area (Å²) >= 11 is 3.34. The SMILES string of the molecule is Cc1ccc(CN(CCc2ccccc2)C(=O)/C=C/c2csc(C)n2)s1. The molecule has 2 aromatic heterocycles. The maximum absolute atomic E-state index is 12.8. The number of nitrogens with zero attached hydrogens (tertiary/aromatic N) is 2. The Morgan fingerprint density at radius 3 is 2.62 bits per heavy atom. The molecule has 134 valence electrons. The van der Waals surface area contributed by atoms with Crippen LogP contribution in [0.1, 0.15) is 26.0 Å². The van der Waals surface area contributed by atoms with E-state index in [1.807, 2.05) is 35.4 Å². The van der Waals surface area contributed by atoms with Crippen LogP contribution < -0.4 is 0 Å². The van der Waals surface area contributed by atoms with Gasteiger partial charge in [-0.05, 0) is 44.0 Å². The number of carbonyl (C=O) groups is 1. The molecule has 3 rings (SSSR count). The van der Waals surface area contributed by atoms with E-state index in [1.54, 1.807) is 34.8 Å². The van der Waals surface area contributed by atoms with E-state index in [2.05, 4.69) is 36.2 Å². The minimum atomic E-state index is 0.0256. The Labute approximate surface area is 162 Å². The first-order chi connectivity index (χ1) is 12.6. The number of aromatic nitrogens is 1. The molecule has 1 amide bonds. The van der Waals surface area contributed by atoms with Gasteiger partial charge in [0.05, 0.1) is 17.2 Å². The summed E-state index contributed by atoms with van der Waals surface area (Å²) in [4.78, 5) is 21.5. The predicted molar refractivity (Wildman–Crippen MR) is 111 cm³/mol. The van der Waals surface area contributed by atoms with E-state index < -0.39 is 0 Å². The number of amides is 1. The lowest BCUT2D eigenvalue weighted by molar-refractivity contribution is -0.126. The zero-order valence-electron chi connectivity index (χ0n) is 15.0. The summed E-state index contributed by atoms with van der Waals surface area (Å²) in [5, 5.41) is 2.97. The molecule has 3 aromatic rings. The zero-order valence-corrected chi connectivity index (χ0v) is 16.6. The molecule has 0 aliphatic heterocycles. The van der Waals surface area contributed by atoms with Crippen molar-refractivity contribution in [3.05, 3.63) is 79.9 Å². The maximum atomic E-state index is 12.8. The smallest absolute Gasteiger partial charge is 0.246 e. The number of hydrogen-bond donors (Lipinski definition) is 0. The summed E-state index contributed by atoms with van der Waals surface area (Å²) in [5.74, 6) is 0.0256. The standard InChI is InChI=1S/C21H22N2OS2/c1-16-8-10-20(26-16)14-23(13-12-18-6-4-3-5-7-18)21(24)11-9-19-15-25-17(2)22-19/h3-11,15H,12-14H2,1-2H3/b11-9+. The third-order valence-electron chi connectivity index (χ3n) is 4.00. The topological polar surface area (TPSA) is 33.2 Å². The fraction of sp³-hybridized carbons (Fsp3) is 0.238. The van der Waals surface area contributed by atoms with Crippen molar-refractivity contribution < 1.29 is 4.79 Å². The highest BCUT2D eigenvalue weighted by molar-refractivity contribution is 7.11. The number of carbonyl (C=O) groups excluding carboxylic acids is 1. The molecular formula is C21H22N2OS2. The monoisotopic (exact) mass is 382 g/mol. The molecule has 0 bridgehead atoms. The van der Waals surface area contributed by atoms with Gasteiger partial charge in [0.1, 0.15) is 0 Å². The molecule has 0 N–H and O–H groups in total. The Bertz CT molecular complexity index is 880. The van der Waals surface area contributed by atoms with E-state index >= 15 is 0 Å². The van der Waals surface area contributed by atoms with Crippen LogP contribution in [0.25, 0.3) is 6.08 Å². The van der Waals surface area contributed by atoms with Crippen molar-refractivity contribution in [2.45, 2.75) is 26.8 Å². The Balaban J connectivity index is 1.70. The van der Waals surface area contributed by atoms with Crippen LogP contribution >= 0.6 is 22.7 Å². The summed E-state index contributed by atoms with van der Waals surface area (Å²) in [7, 11) is 0. The van der Waals surface area contributed by atoms with Crippen LogP contribution in [-0.4, -0.2) is 22.3 Å². The molecular weight excluding hydrogens is 360 g/mol. The van der Waals surface area contributed by atoms with Crippen molar-refractivity contribution in [3.8, 4) is 0 Å². The van der Waals surface area contributed by atoms with Crippen molar-refractivity contribution >= 4 is 34.7 Å². The minimum Gasteiger partial charge on any atom is -0.334 e. The van der Waals surface area contributed by atoms with Gasteiger partial charge in [-0.1, -0.05) is 30.3 Å². The van der Waals surface area contributed by atoms with E-state index in [0.717, 1.165) is 17.1 Å². The fourth-order valence-corrected chi connectivity index (χ4v) is 4.14. The highest BCUT2D eigenvalue weighted by Gasteiger charge is 2.13. The van der Waals surface area contributed by atoms with Crippen molar-refractivity contribution in [1.82, 2.24) is 9.88 Å². The van der Waals surface area contributed by atoms with E-state index in [9.17, 15) is 4.79 Å². The van der Waals surface area contributed by atoms with Crippen LogP contribution in [0.5, 0.6) is 0 Å². The largest absolute Gasteiger partial charge is 0.334 e. The van der Waals surface area contributed by atoms with Gasteiger partial charge in [-0.2, -0.15) is 0 Å². The molecule has 0 spiro atoms. The molecule has 3 nitrogen and oxygen atoms in total. The van der Waals surface area contributed by atoms with Crippen molar-refractivity contribution in [1.29, 1.82) is 0 Å². The number of benzene rings is 1. The molecule has 0 aliphatic rings. The van der Waals surface area contributed by atoms with E-state index in [1.165, 1.54) is 15.3 Å². The Kier molecular flexibility index (Phi) is 6.36. The van der Waals surface area contributed by atoms with Gasteiger partial charge in [0, 0.05) is 27.8 Å². The minimum absolute atomic E-state index is 0.0256. The van der Waals surface area contributed by atoms with Gasteiger partial charge in [0.15, 0.2) is 0 Å². The first-order valence-corrected chi connectivity index (χ1v) is 10.3. The van der Waals surface area contributed by atoms with Gasteiger partial charge < -0.3 is 4.90 Å². The average molecular weight is 383 g/mol. The lowest BCUT2D eigenvalue weighted by Crippen LogP contribution is -2.30. The normalized spacial score (nSPS) is 11.2. The molecule has 5 heteroatoms. The number of aryl methyl sites for hydroxylation is 2. The van der Waals surface area contributed by atoms with E-state index in [-0.39, 0.29) is 5.91 Å². The predicted octanol–water partition coefficient (Wildman–Crippen LogP) is 5.11. The summed E-state index contributed by atoms with van der Waals surface area (Å²) in [6.07, 6.45) is 4.29. The summed E-state index contributed by atoms with van der Waals surface area (Å²) in [5.41, 5.74) is 2.09. The Morgan fingerprint density at radius 2 is 1.96 bits per heavy atom. The molecule has 2 heterocycles. The summed E-state index contributed by atoms with van der Waals surface area (Å²) < 4.78 is 0. The quantitative estimate of drug-likeness (QED) is 0.532. The van der Waals surface area contributed by atoms with Gasteiger partial charge in [-0.3, -0.25) is 4.79 Å². The van der Waals surface area contributed by atoms with Crippen molar-refractivity contribution in [3.63, 3.8) is 0 Å². The maximum Gasteiger partial charge on any atom is 0.246 e. The lowest BCUT2D eigenvalue weighted by Gasteiger charge is -2.20. The number of rotatable bonds is 7. The van der Waals surface area contributed by atoms with Crippen LogP contribution in [0.4, 0.5) is 0 Å². The van der Waals surface area contributed by atoms with Gasteiger partial charge in [-0.25, -0.2) is 4.98 Å². The molecule has 0 radical (unpaired) electrons. The second kappa shape index (κ2) is 8.92. The van der Waals surface area contributed by atoms with Gasteiger partial charge in [-0.15, -0.1) is 22.7 Å². The number of thiophene rings is 1. The Morgan fingerprint density at radius 1 is 1.15 bits per heavy atom. The highest BCUT2D eigenvalue weighted by Crippen LogP contribution is 2.18. The van der Waals surface area contributed by atoms with E-state index in [0.29, 0.717) is 13.1 Å². The number of hydrogen-bond acceptors (Lipinski definition) is 4. The second-order valence-corrected chi connectivity index (χ2v) is 8.57. The average Bonchev–Trinajstić information content (AvgIpc) is 3.25. The molecule has 0 aliphatic carbocycles.